The van der Waals surface area contributed by atoms with Gasteiger partial charge in [0.25, 0.3) is 0 Å². The highest BCUT2D eigenvalue weighted by atomic mass is 14.7. The Morgan fingerprint density at radius 3 is 2.50 bits per heavy atom. The molecular formula is C11H13N. The summed E-state index contributed by atoms with van der Waals surface area (Å²) < 4.78 is 0. The standard InChI is InChI=1S/C11H13N/c1-3-5-10-6-8-11(9-7-10)12-4-2/h6-9H,2-3,5H2,1H3. The molecule has 1 rings (SSSR count). The van der Waals surface area contributed by atoms with Gasteiger partial charge in [-0.1, -0.05) is 25.5 Å². The SMILES string of the molecule is C=C=Nc1ccc(CCC)cc1. The van der Waals surface area contributed by atoms with Gasteiger partial charge in [-0.3, -0.25) is 0 Å². The van der Waals surface area contributed by atoms with E-state index < -0.39 is 0 Å². The van der Waals surface area contributed by atoms with Crippen molar-refractivity contribution in [3.8, 4) is 0 Å². The minimum Gasteiger partial charge on any atom is -0.207 e. The van der Waals surface area contributed by atoms with E-state index in [-0.39, 0.29) is 0 Å². The monoisotopic (exact) mass is 159 g/mol. The molecule has 1 nitrogen and oxygen atoms in total. The van der Waals surface area contributed by atoms with Gasteiger partial charge in [0.15, 0.2) is 0 Å². The average Bonchev–Trinajstić information content (AvgIpc) is 2.09. The third-order valence-corrected chi connectivity index (χ3v) is 1.68. The van der Waals surface area contributed by atoms with Crippen LogP contribution in [0.2, 0.25) is 0 Å². The lowest BCUT2D eigenvalue weighted by atomic mass is 10.1. The second kappa shape index (κ2) is 4.53. The normalized spacial score (nSPS) is 9.08. The van der Waals surface area contributed by atoms with Gasteiger partial charge in [-0.25, -0.2) is 4.99 Å². The van der Waals surface area contributed by atoms with Crippen molar-refractivity contribution in [2.45, 2.75) is 19.8 Å². The highest BCUT2D eigenvalue weighted by Crippen LogP contribution is 2.12. The summed E-state index contributed by atoms with van der Waals surface area (Å²) in [6, 6.07) is 8.17. The molecule has 1 aromatic rings. The molecule has 0 aromatic heterocycles. The first-order valence-corrected chi connectivity index (χ1v) is 4.18. The number of nitrogens with zero attached hydrogens (tertiary/aromatic N) is 1. The van der Waals surface area contributed by atoms with Crippen molar-refractivity contribution in [1.82, 2.24) is 0 Å². The van der Waals surface area contributed by atoms with Crippen LogP contribution >= 0.6 is 0 Å². The van der Waals surface area contributed by atoms with Crippen molar-refractivity contribution in [1.29, 1.82) is 0 Å². The van der Waals surface area contributed by atoms with Gasteiger partial charge in [0.05, 0.1) is 5.69 Å². The maximum absolute atomic E-state index is 3.95. The number of aryl methyl sites for hydroxylation is 1. The quantitative estimate of drug-likeness (QED) is 0.601. The molecule has 0 spiro atoms. The molecule has 0 N–H and O–H groups in total. The van der Waals surface area contributed by atoms with E-state index in [1.54, 1.807) is 0 Å². The van der Waals surface area contributed by atoms with Crippen molar-refractivity contribution >= 4 is 11.6 Å². The molecule has 0 aliphatic rings. The number of benzene rings is 1. The molecule has 12 heavy (non-hydrogen) atoms. The minimum absolute atomic E-state index is 0.921. The van der Waals surface area contributed by atoms with Crippen molar-refractivity contribution in [3.63, 3.8) is 0 Å². The topological polar surface area (TPSA) is 12.4 Å². The first kappa shape index (κ1) is 8.76. The molecule has 0 amide bonds. The van der Waals surface area contributed by atoms with Crippen molar-refractivity contribution in [3.05, 3.63) is 36.4 Å². The van der Waals surface area contributed by atoms with Crippen LogP contribution in [0.25, 0.3) is 0 Å². The Balaban J connectivity index is 2.77. The zero-order valence-electron chi connectivity index (χ0n) is 7.38. The molecule has 1 aromatic carbocycles. The van der Waals surface area contributed by atoms with E-state index in [0.717, 1.165) is 12.1 Å². The summed E-state index contributed by atoms with van der Waals surface area (Å²) in [7, 11) is 0. The Morgan fingerprint density at radius 1 is 1.33 bits per heavy atom. The fraction of sp³-hybridized carbons (Fsp3) is 0.273. The summed E-state index contributed by atoms with van der Waals surface area (Å²) >= 11 is 0. The van der Waals surface area contributed by atoms with Gasteiger partial charge in [-0.05, 0) is 36.6 Å². The van der Waals surface area contributed by atoms with Crippen LogP contribution in [0.15, 0.2) is 35.8 Å². The van der Waals surface area contributed by atoms with Crippen LogP contribution in [0, 0.1) is 0 Å². The molecule has 0 saturated carbocycles. The molecule has 0 bridgehead atoms. The lowest BCUT2D eigenvalue weighted by Crippen LogP contribution is -1.80. The van der Waals surface area contributed by atoms with Crippen LogP contribution in [-0.4, -0.2) is 5.87 Å². The highest BCUT2D eigenvalue weighted by Gasteiger charge is 1.90. The molecule has 62 valence electrons. The van der Waals surface area contributed by atoms with Crippen molar-refractivity contribution < 1.29 is 0 Å². The zero-order valence-corrected chi connectivity index (χ0v) is 7.38. The summed E-state index contributed by atoms with van der Waals surface area (Å²) in [5, 5.41) is 0. The van der Waals surface area contributed by atoms with E-state index >= 15 is 0 Å². The van der Waals surface area contributed by atoms with E-state index in [2.05, 4.69) is 36.5 Å². The lowest BCUT2D eigenvalue weighted by Gasteiger charge is -1.97. The average molecular weight is 159 g/mol. The number of hydrogen-bond acceptors (Lipinski definition) is 1. The number of hydrogen-bond donors (Lipinski definition) is 0. The molecule has 0 aliphatic carbocycles. The fourth-order valence-electron chi connectivity index (χ4n) is 1.12. The molecule has 0 aliphatic heterocycles. The van der Waals surface area contributed by atoms with Gasteiger partial charge in [0, 0.05) is 0 Å². The second-order valence-corrected chi connectivity index (χ2v) is 2.69. The van der Waals surface area contributed by atoms with Gasteiger partial charge in [0.1, 0.15) is 0 Å². The van der Waals surface area contributed by atoms with E-state index in [9.17, 15) is 0 Å². The summed E-state index contributed by atoms with van der Waals surface area (Å²) in [5.74, 6) is 2.51. The van der Waals surface area contributed by atoms with Gasteiger partial charge < -0.3 is 0 Å². The van der Waals surface area contributed by atoms with Gasteiger partial charge >= 0.3 is 0 Å². The maximum Gasteiger partial charge on any atom is 0.0729 e. The van der Waals surface area contributed by atoms with E-state index in [1.807, 2.05) is 12.1 Å². The Bertz CT molecular complexity index is 278. The number of aliphatic imine (C=N–C) groups is 1. The second-order valence-electron chi connectivity index (χ2n) is 2.69. The van der Waals surface area contributed by atoms with E-state index in [4.69, 9.17) is 0 Å². The van der Waals surface area contributed by atoms with Crippen LogP contribution in [0.3, 0.4) is 0 Å². The summed E-state index contributed by atoms with van der Waals surface area (Å²) in [4.78, 5) is 3.95. The predicted octanol–water partition coefficient (Wildman–Crippen LogP) is 3.13. The maximum atomic E-state index is 3.95. The van der Waals surface area contributed by atoms with Crippen LogP contribution in [0.5, 0.6) is 0 Å². The van der Waals surface area contributed by atoms with Crippen LogP contribution in [0.4, 0.5) is 5.69 Å². The van der Waals surface area contributed by atoms with Crippen LogP contribution in [-0.2, 0) is 6.42 Å². The summed E-state index contributed by atoms with van der Waals surface area (Å²) in [5.41, 5.74) is 2.28. The Morgan fingerprint density at radius 2 is 2.00 bits per heavy atom. The first-order valence-electron chi connectivity index (χ1n) is 4.18. The first-order chi connectivity index (χ1) is 5.86. The van der Waals surface area contributed by atoms with Crippen LogP contribution in [0.1, 0.15) is 18.9 Å². The minimum atomic E-state index is 0.921. The largest absolute Gasteiger partial charge is 0.207 e. The smallest absolute Gasteiger partial charge is 0.0729 e. The molecule has 0 radical (unpaired) electrons. The third kappa shape index (κ3) is 2.37. The van der Waals surface area contributed by atoms with Gasteiger partial charge in [-0.2, -0.15) is 0 Å². The molecule has 0 unspecified atom stereocenters. The molecule has 0 fully saturated rings. The third-order valence-electron chi connectivity index (χ3n) is 1.68. The lowest BCUT2D eigenvalue weighted by molar-refractivity contribution is 0.922. The van der Waals surface area contributed by atoms with E-state index in [0.29, 0.717) is 0 Å². The predicted molar refractivity (Wildman–Crippen MR) is 53.2 cm³/mol. The Hall–Kier alpha value is -1.33. The fourth-order valence-corrected chi connectivity index (χ4v) is 1.12. The van der Waals surface area contributed by atoms with Gasteiger partial charge in [0.2, 0.25) is 0 Å². The number of rotatable bonds is 3. The highest BCUT2D eigenvalue weighted by molar-refractivity contribution is 5.55. The van der Waals surface area contributed by atoms with Crippen molar-refractivity contribution in [2.24, 2.45) is 4.99 Å². The van der Waals surface area contributed by atoms with Crippen LogP contribution < -0.4 is 0 Å². The molecule has 0 heterocycles. The summed E-state index contributed by atoms with van der Waals surface area (Å²) in [6.07, 6.45) is 2.32. The Labute approximate surface area is 73.5 Å². The molecular weight excluding hydrogens is 146 g/mol. The molecule has 0 saturated heterocycles. The molecule has 0 atom stereocenters. The van der Waals surface area contributed by atoms with E-state index in [1.165, 1.54) is 12.0 Å². The molecule has 1 heteroatoms. The zero-order chi connectivity index (χ0) is 8.81. The van der Waals surface area contributed by atoms with Crippen molar-refractivity contribution in [2.75, 3.05) is 0 Å². The Kier molecular flexibility index (Phi) is 3.31. The summed E-state index contributed by atoms with van der Waals surface area (Å²) in [6.45, 7) is 5.60. The van der Waals surface area contributed by atoms with Gasteiger partial charge in [-0.15, -0.1) is 0 Å².